The van der Waals surface area contributed by atoms with Crippen LogP contribution in [0, 0.1) is 0 Å². The molecule has 3 nitrogen and oxygen atoms in total. The summed E-state index contributed by atoms with van der Waals surface area (Å²) in [5.74, 6) is 0.728. The van der Waals surface area contributed by atoms with Gasteiger partial charge in [-0.05, 0) is 31.5 Å². The minimum atomic E-state index is -0.683. The van der Waals surface area contributed by atoms with Crippen LogP contribution in [0.3, 0.4) is 0 Å². The number of aliphatic hydroxyl groups excluding tert-OH is 1. The highest BCUT2D eigenvalue weighted by molar-refractivity contribution is 5.31. The van der Waals surface area contributed by atoms with E-state index in [1.165, 1.54) is 0 Å². The molecule has 0 heterocycles. The third-order valence-electron chi connectivity index (χ3n) is 2.11. The molecule has 0 aliphatic rings. The van der Waals surface area contributed by atoms with E-state index < -0.39 is 11.6 Å². The molecule has 14 heavy (non-hydrogen) atoms. The van der Waals surface area contributed by atoms with Crippen LogP contribution in [0.4, 0.5) is 0 Å². The van der Waals surface area contributed by atoms with Gasteiger partial charge in [-0.1, -0.05) is 12.1 Å². The first kappa shape index (κ1) is 11.0. The largest absolute Gasteiger partial charge is 0.497 e. The molecule has 0 amide bonds. The molecule has 0 aliphatic heterocycles. The molecule has 1 aromatic carbocycles. The Labute approximate surface area is 84.5 Å². The van der Waals surface area contributed by atoms with Crippen LogP contribution in [0.5, 0.6) is 5.75 Å². The lowest BCUT2D eigenvalue weighted by Crippen LogP contribution is -2.39. The van der Waals surface area contributed by atoms with E-state index in [9.17, 15) is 5.11 Å². The summed E-state index contributed by atoms with van der Waals surface area (Å²) in [5, 5.41) is 9.90. The Morgan fingerprint density at radius 2 is 2.07 bits per heavy atom. The van der Waals surface area contributed by atoms with Crippen LogP contribution in [0.15, 0.2) is 24.3 Å². The first-order valence-electron chi connectivity index (χ1n) is 4.56. The van der Waals surface area contributed by atoms with Gasteiger partial charge in [0.15, 0.2) is 0 Å². The highest BCUT2D eigenvalue weighted by Crippen LogP contribution is 2.25. The molecule has 0 fully saturated rings. The van der Waals surface area contributed by atoms with Crippen molar-refractivity contribution in [2.24, 2.45) is 5.73 Å². The van der Waals surface area contributed by atoms with Crippen LogP contribution >= 0.6 is 0 Å². The van der Waals surface area contributed by atoms with Gasteiger partial charge in [0.1, 0.15) is 5.75 Å². The molecule has 0 spiro atoms. The van der Waals surface area contributed by atoms with Gasteiger partial charge in [-0.25, -0.2) is 0 Å². The van der Waals surface area contributed by atoms with E-state index in [1.807, 2.05) is 18.2 Å². The quantitative estimate of drug-likeness (QED) is 0.767. The second-order valence-electron chi connectivity index (χ2n) is 4.00. The Morgan fingerprint density at radius 1 is 1.43 bits per heavy atom. The van der Waals surface area contributed by atoms with Crippen LogP contribution in [0.25, 0.3) is 0 Å². The van der Waals surface area contributed by atoms with Crippen molar-refractivity contribution in [1.29, 1.82) is 0 Å². The van der Waals surface area contributed by atoms with Gasteiger partial charge in [-0.2, -0.15) is 0 Å². The van der Waals surface area contributed by atoms with E-state index in [0.717, 1.165) is 11.3 Å². The van der Waals surface area contributed by atoms with Gasteiger partial charge in [-0.15, -0.1) is 0 Å². The monoisotopic (exact) mass is 195 g/mol. The van der Waals surface area contributed by atoms with Gasteiger partial charge in [0.25, 0.3) is 0 Å². The average Bonchev–Trinajstić information content (AvgIpc) is 2.15. The van der Waals surface area contributed by atoms with Gasteiger partial charge in [0.05, 0.1) is 13.2 Å². The Kier molecular flexibility index (Phi) is 3.13. The summed E-state index contributed by atoms with van der Waals surface area (Å²) in [6.07, 6.45) is -0.683. The minimum absolute atomic E-state index is 0.646. The summed E-state index contributed by atoms with van der Waals surface area (Å²) >= 11 is 0. The number of aliphatic hydroxyl groups is 1. The van der Waals surface area contributed by atoms with Crippen molar-refractivity contribution in [3.63, 3.8) is 0 Å². The molecule has 3 N–H and O–H groups in total. The van der Waals surface area contributed by atoms with Gasteiger partial charge in [-0.3, -0.25) is 0 Å². The highest BCUT2D eigenvalue weighted by Gasteiger charge is 2.24. The molecule has 0 aromatic heterocycles. The van der Waals surface area contributed by atoms with Crippen molar-refractivity contribution in [1.82, 2.24) is 0 Å². The first-order valence-corrected chi connectivity index (χ1v) is 4.56. The lowest BCUT2D eigenvalue weighted by atomic mass is 9.92. The molecule has 1 aromatic rings. The summed E-state index contributed by atoms with van der Waals surface area (Å²) in [6.45, 7) is 3.58. The smallest absolute Gasteiger partial charge is 0.119 e. The molecule has 1 atom stereocenters. The van der Waals surface area contributed by atoms with Crippen LogP contribution in [0.1, 0.15) is 25.5 Å². The summed E-state index contributed by atoms with van der Waals surface area (Å²) in [5.41, 5.74) is 5.94. The van der Waals surface area contributed by atoms with E-state index in [-0.39, 0.29) is 0 Å². The van der Waals surface area contributed by atoms with Crippen LogP contribution in [-0.4, -0.2) is 17.8 Å². The fourth-order valence-electron chi connectivity index (χ4n) is 1.24. The van der Waals surface area contributed by atoms with Gasteiger partial charge in [0.2, 0.25) is 0 Å². The lowest BCUT2D eigenvalue weighted by Gasteiger charge is -2.26. The second-order valence-corrected chi connectivity index (χ2v) is 4.00. The molecule has 78 valence electrons. The highest BCUT2D eigenvalue weighted by atomic mass is 16.5. The molecule has 3 heteroatoms. The van der Waals surface area contributed by atoms with Crippen molar-refractivity contribution < 1.29 is 9.84 Å². The molecule has 0 unspecified atom stereocenters. The number of rotatable bonds is 3. The number of hydrogen-bond donors (Lipinski definition) is 2. The molecule has 0 saturated carbocycles. The van der Waals surface area contributed by atoms with Gasteiger partial charge in [0, 0.05) is 5.54 Å². The summed E-state index contributed by atoms with van der Waals surface area (Å²) in [4.78, 5) is 0. The van der Waals surface area contributed by atoms with E-state index >= 15 is 0 Å². The Balaban J connectivity index is 2.95. The van der Waals surface area contributed by atoms with E-state index in [2.05, 4.69) is 0 Å². The Bertz CT molecular complexity index is 304. The molecule has 0 radical (unpaired) electrons. The zero-order valence-electron chi connectivity index (χ0n) is 8.82. The number of methoxy groups -OCH3 is 1. The maximum absolute atomic E-state index is 9.90. The maximum Gasteiger partial charge on any atom is 0.119 e. The van der Waals surface area contributed by atoms with E-state index in [0.29, 0.717) is 0 Å². The zero-order valence-corrected chi connectivity index (χ0v) is 8.82. The summed E-state index contributed by atoms with van der Waals surface area (Å²) < 4.78 is 5.07. The van der Waals surface area contributed by atoms with Crippen molar-refractivity contribution in [3.05, 3.63) is 29.8 Å². The fourth-order valence-corrected chi connectivity index (χ4v) is 1.24. The predicted molar refractivity (Wildman–Crippen MR) is 56.2 cm³/mol. The standard InChI is InChI=1S/C11H17NO2/c1-11(2,12)10(13)8-5-4-6-9(7-8)14-3/h4-7,10,13H,12H2,1-3H3/t10-/m0/s1. The van der Waals surface area contributed by atoms with E-state index in [4.69, 9.17) is 10.5 Å². The van der Waals surface area contributed by atoms with Crippen molar-refractivity contribution in [2.75, 3.05) is 7.11 Å². The van der Waals surface area contributed by atoms with Crippen LogP contribution in [-0.2, 0) is 0 Å². The van der Waals surface area contributed by atoms with Crippen molar-refractivity contribution >= 4 is 0 Å². The Hall–Kier alpha value is -1.06. The first-order chi connectivity index (χ1) is 6.45. The van der Waals surface area contributed by atoms with Crippen molar-refractivity contribution in [3.8, 4) is 5.75 Å². The molecular weight excluding hydrogens is 178 g/mol. The van der Waals surface area contributed by atoms with Gasteiger partial charge >= 0.3 is 0 Å². The van der Waals surface area contributed by atoms with Crippen LogP contribution < -0.4 is 10.5 Å². The third-order valence-corrected chi connectivity index (χ3v) is 2.11. The molecule has 0 saturated heterocycles. The maximum atomic E-state index is 9.90. The number of ether oxygens (including phenoxy) is 1. The minimum Gasteiger partial charge on any atom is -0.497 e. The summed E-state index contributed by atoms with van der Waals surface area (Å²) in [7, 11) is 1.60. The number of nitrogens with two attached hydrogens (primary N) is 1. The van der Waals surface area contributed by atoms with Crippen LogP contribution in [0.2, 0.25) is 0 Å². The third kappa shape index (κ3) is 2.47. The number of benzene rings is 1. The second kappa shape index (κ2) is 3.98. The average molecular weight is 195 g/mol. The number of hydrogen-bond acceptors (Lipinski definition) is 3. The van der Waals surface area contributed by atoms with E-state index in [1.54, 1.807) is 27.0 Å². The molecule has 0 aliphatic carbocycles. The molecule has 1 rings (SSSR count). The molecule has 0 bridgehead atoms. The topological polar surface area (TPSA) is 55.5 Å². The summed E-state index contributed by atoms with van der Waals surface area (Å²) in [6, 6.07) is 7.30. The zero-order chi connectivity index (χ0) is 10.8. The fraction of sp³-hybridized carbons (Fsp3) is 0.455. The lowest BCUT2D eigenvalue weighted by molar-refractivity contribution is 0.104. The Morgan fingerprint density at radius 3 is 2.57 bits per heavy atom. The SMILES string of the molecule is COc1cccc([C@H](O)C(C)(C)N)c1. The van der Waals surface area contributed by atoms with Gasteiger partial charge < -0.3 is 15.6 Å². The normalized spacial score (nSPS) is 13.8. The predicted octanol–water partition coefficient (Wildman–Crippen LogP) is 1.47. The van der Waals surface area contributed by atoms with Crippen molar-refractivity contribution in [2.45, 2.75) is 25.5 Å². The molecular formula is C11H17NO2.